The Morgan fingerprint density at radius 1 is 1.57 bits per heavy atom. The van der Waals surface area contributed by atoms with Crippen molar-refractivity contribution in [2.45, 2.75) is 25.3 Å². The largest absolute Gasteiger partial charge is 0.383 e. The van der Waals surface area contributed by atoms with Gasteiger partial charge in [0.05, 0.1) is 6.61 Å². The number of halogens is 1. The van der Waals surface area contributed by atoms with Gasteiger partial charge in [-0.2, -0.15) is 0 Å². The highest BCUT2D eigenvalue weighted by Gasteiger charge is 2.27. The number of carbonyl (C=O) groups excluding carboxylic acids is 1. The predicted molar refractivity (Wildman–Crippen MR) is 57.5 cm³/mol. The Balaban J connectivity index is 0.00000169. The smallest absolute Gasteiger partial charge is 0.223 e. The molecule has 14 heavy (non-hydrogen) atoms. The lowest BCUT2D eigenvalue weighted by Gasteiger charge is -2.09. The lowest BCUT2D eigenvalue weighted by atomic mass is 10.1. The van der Waals surface area contributed by atoms with Gasteiger partial charge in [-0.05, 0) is 19.3 Å². The first-order valence-corrected chi connectivity index (χ1v) is 4.76. The monoisotopic (exact) mass is 222 g/mol. The summed E-state index contributed by atoms with van der Waals surface area (Å²) in [6.45, 7) is 1.17. The first-order chi connectivity index (χ1) is 6.24. The van der Waals surface area contributed by atoms with Crippen LogP contribution >= 0.6 is 12.4 Å². The van der Waals surface area contributed by atoms with Crippen molar-refractivity contribution < 1.29 is 9.53 Å². The molecule has 3 N–H and O–H groups in total. The summed E-state index contributed by atoms with van der Waals surface area (Å²) in [5.41, 5.74) is 5.71. The fraction of sp³-hybridized carbons (Fsp3) is 0.889. The van der Waals surface area contributed by atoms with Crippen molar-refractivity contribution in [2.24, 2.45) is 11.7 Å². The molecule has 0 radical (unpaired) electrons. The topological polar surface area (TPSA) is 64.3 Å². The lowest BCUT2D eigenvalue weighted by Crippen LogP contribution is -2.32. The van der Waals surface area contributed by atoms with Gasteiger partial charge in [0.1, 0.15) is 0 Å². The Hall–Kier alpha value is -0.320. The van der Waals surface area contributed by atoms with Gasteiger partial charge in [-0.1, -0.05) is 0 Å². The van der Waals surface area contributed by atoms with Crippen molar-refractivity contribution in [1.82, 2.24) is 5.32 Å². The maximum absolute atomic E-state index is 11.4. The molecule has 1 fully saturated rings. The molecular weight excluding hydrogens is 204 g/mol. The molecule has 0 bridgehead atoms. The average molecular weight is 223 g/mol. The van der Waals surface area contributed by atoms with Gasteiger partial charge in [-0.3, -0.25) is 4.79 Å². The van der Waals surface area contributed by atoms with Crippen LogP contribution in [0.5, 0.6) is 0 Å². The number of nitrogens with two attached hydrogens (primary N) is 1. The lowest BCUT2D eigenvalue weighted by molar-refractivity contribution is -0.125. The molecule has 0 aromatic heterocycles. The number of amides is 1. The number of rotatable bonds is 4. The van der Waals surface area contributed by atoms with Crippen LogP contribution < -0.4 is 11.1 Å². The van der Waals surface area contributed by atoms with Gasteiger partial charge < -0.3 is 15.8 Å². The van der Waals surface area contributed by atoms with Crippen LogP contribution in [0.25, 0.3) is 0 Å². The Morgan fingerprint density at radius 3 is 2.79 bits per heavy atom. The molecule has 2 atom stereocenters. The molecule has 0 aromatic rings. The van der Waals surface area contributed by atoms with Gasteiger partial charge in [-0.15, -0.1) is 12.4 Å². The molecule has 0 aromatic carbocycles. The fourth-order valence-corrected chi connectivity index (χ4v) is 1.68. The van der Waals surface area contributed by atoms with Gasteiger partial charge in [0.25, 0.3) is 0 Å². The Morgan fingerprint density at radius 2 is 2.29 bits per heavy atom. The van der Waals surface area contributed by atoms with Crippen molar-refractivity contribution in [2.75, 3.05) is 20.3 Å². The van der Waals surface area contributed by atoms with E-state index in [-0.39, 0.29) is 30.3 Å². The SMILES string of the molecule is COCCNC(=O)C1CCC(N)C1.Cl. The van der Waals surface area contributed by atoms with Crippen molar-refractivity contribution in [1.29, 1.82) is 0 Å². The van der Waals surface area contributed by atoms with Gasteiger partial charge in [-0.25, -0.2) is 0 Å². The first kappa shape index (κ1) is 13.7. The number of carbonyl (C=O) groups is 1. The standard InChI is InChI=1S/C9H18N2O2.ClH/c1-13-5-4-11-9(12)7-2-3-8(10)6-7;/h7-8H,2-6,10H2,1H3,(H,11,12);1H. The molecule has 5 heteroatoms. The summed E-state index contributed by atoms with van der Waals surface area (Å²) in [5, 5.41) is 2.83. The minimum Gasteiger partial charge on any atom is -0.383 e. The zero-order valence-corrected chi connectivity index (χ0v) is 9.31. The Labute approximate surface area is 91.0 Å². The molecule has 1 saturated carbocycles. The van der Waals surface area contributed by atoms with Crippen LogP contribution in [-0.4, -0.2) is 32.2 Å². The normalized spacial score (nSPS) is 25.6. The van der Waals surface area contributed by atoms with E-state index >= 15 is 0 Å². The van der Waals surface area contributed by atoms with Gasteiger partial charge in [0.15, 0.2) is 0 Å². The van der Waals surface area contributed by atoms with Crippen LogP contribution in [0.3, 0.4) is 0 Å². The highest BCUT2D eigenvalue weighted by molar-refractivity contribution is 5.85. The molecule has 84 valence electrons. The van der Waals surface area contributed by atoms with Crippen LogP contribution in [0.15, 0.2) is 0 Å². The van der Waals surface area contributed by atoms with E-state index in [1.807, 2.05) is 0 Å². The highest BCUT2D eigenvalue weighted by atomic mass is 35.5. The molecule has 1 amide bonds. The zero-order valence-electron chi connectivity index (χ0n) is 8.49. The van der Waals surface area contributed by atoms with Gasteiger partial charge in [0.2, 0.25) is 5.91 Å². The summed E-state index contributed by atoms with van der Waals surface area (Å²) >= 11 is 0. The van der Waals surface area contributed by atoms with Crippen LogP contribution in [0, 0.1) is 5.92 Å². The van der Waals surface area contributed by atoms with E-state index in [9.17, 15) is 4.79 Å². The Bertz CT molecular complexity index is 178. The fourth-order valence-electron chi connectivity index (χ4n) is 1.68. The van der Waals surface area contributed by atoms with Crippen LogP contribution in [-0.2, 0) is 9.53 Å². The van der Waals surface area contributed by atoms with E-state index in [2.05, 4.69) is 5.32 Å². The zero-order chi connectivity index (χ0) is 9.68. The summed E-state index contributed by atoms with van der Waals surface area (Å²) < 4.78 is 4.84. The third-order valence-corrected chi connectivity index (χ3v) is 2.45. The number of ether oxygens (including phenoxy) is 1. The maximum atomic E-state index is 11.4. The number of hydrogen-bond donors (Lipinski definition) is 2. The average Bonchev–Trinajstić information content (AvgIpc) is 2.52. The summed E-state index contributed by atoms with van der Waals surface area (Å²) in [6.07, 6.45) is 2.74. The van der Waals surface area contributed by atoms with Crippen molar-refractivity contribution in [3.8, 4) is 0 Å². The van der Waals surface area contributed by atoms with Gasteiger partial charge >= 0.3 is 0 Å². The molecule has 1 aliphatic rings. The van der Waals surface area contributed by atoms with E-state index in [0.717, 1.165) is 19.3 Å². The van der Waals surface area contributed by atoms with E-state index < -0.39 is 0 Å². The molecule has 2 unspecified atom stereocenters. The van der Waals surface area contributed by atoms with E-state index in [0.29, 0.717) is 13.2 Å². The maximum Gasteiger partial charge on any atom is 0.223 e. The summed E-state index contributed by atoms with van der Waals surface area (Å²) in [4.78, 5) is 11.4. The third-order valence-electron chi connectivity index (χ3n) is 2.45. The molecular formula is C9H19ClN2O2. The van der Waals surface area contributed by atoms with Crippen molar-refractivity contribution in [3.63, 3.8) is 0 Å². The second-order valence-electron chi connectivity index (χ2n) is 3.55. The molecule has 0 saturated heterocycles. The number of hydrogen-bond acceptors (Lipinski definition) is 3. The predicted octanol–water partition coefficient (Wildman–Crippen LogP) is 0.298. The molecule has 4 nitrogen and oxygen atoms in total. The molecule has 0 spiro atoms. The second kappa shape index (κ2) is 7.04. The Kier molecular flexibility index (Phi) is 6.87. The van der Waals surface area contributed by atoms with Crippen LogP contribution in [0.4, 0.5) is 0 Å². The molecule has 0 aliphatic heterocycles. The summed E-state index contributed by atoms with van der Waals surface area (Å²) in [6, 6.07) is 0.221. The highest BCUT2D eigenvalue weighted by Crippen LogP contribution is 2.23. The number of nitrogens with one attached hydrogen (secondary N) is 1. The van der Waals surface area contributed by atoms with E-state index in [4.69, 9.17) is 10.5 Å². The minimum atomic E-state index is 0. The molecule has 1 aliphatic carbocycles. The summed E-state index contributed by atoms with van der Waals surface area (Å²) in [7, 11) is 1.62. The third kappa shape index (κ3) is 4.26. The van der Waals surface area contributed by atoms with E-state index in [1.54, 1.807) is 7.11 Å². The van der Waals surface area contributed by atoms with Gasteiger partial charge in [0, 0.05) is 25.6 Å². The van der Waals surface area contributed by atoms with Crippen molar-refractivity contribution >= 4 is 18.3 Å². The quantitative estimate of drug-likeness (QED) is 0.673. The van der Waals surface area contributed by atoms with Crippen LogP contribution in [0.1, 0.15) is 19.3 Å². The molecule has 0 heterocycles. The summed E-state index contributed by atoms with van der Waals surface area (Å²) in [5.74, 6) is 0.261. The van der Waals surface area contributed by atoms with Crippen LogP contribution in [0.2, 0.25) is 0 Å². The second-order valence-corrected chi connectivity index (χ2v) is 3.55. The van der Waals surface area contributed by atoms with E-state index in [1.165, 1.54) is 0 Å². The number of methoxy groups -OCH3 is 1. The first-order valence-electron chi connectivity index (χ1n) is 4.76. The molecule has 1 rings (SSSR count). The van der Waals surface area contributed by atoms with Crippen molar-refractivity contribution in [3.05, 3.63) is 0 Å². The minimum absolute atomic E-state index is 0.